The van der Waals surface area contributed by atoms with Crippen molar-refractivity contribution in [3.05, 3.63) is 36.5 Å². The Morgan fingerprint density at radius 3 is 2.72 bits per heavy atom. The van der Waals surface area contributed by atoms with Crippen LogP contribution in [0.2, 0.25) is 0 Å². The molecule has 0 aliphatic rings. The van der Waals surface area contributed by atoms with Crippen molar-refractivity contribution in [2.75, 3.05) is 5.73 Å². The summed E-state index contributed by atoms with van der Waals surface area (Å²) in [5.41, 5.74) is 7.34. The van der Waals surface area contributed by atoms with Crippen molar-refractivity contribution in [3.8, 4) is 17.2 Å². The van der Waals surface area contributed by atoms with Crippen molar-refractivity contribution in [1.82, 2.24) is 30.0 Å². The van der Waals surface area contributed by atoms with E-state index in [-0.39, 0.29) is 0 Å². The van der Waals surface area contributed by atoms with E-state index in [2.05, 4.69) is 20.6 Å². The number of hydrogen-bond donors (Lipinski definition) is 1. The van der Waals surface area contributed by atoms with Crippen LogP contribution >= 0.6 is 0 Å². The summed E-state index contributed by atoms with van der Waals surface area (Å²) in [6.45, 7) is 0. The highest BCUT2D eigenvalue weighted by atomic mass is 15.6. The molecule has 0 aliphatic carbocycles. The van der Waals surface area contributed by atoms with Crippen LogP contribution in [0.15, 0.2) is 36.5 Å². The second-order valence-electron chi connectivity index (χ2n) is 3.85. The van der Waals surface area contributed by atoms with E-state index in [9.17, 15) is 0 Å². The van der Waals surface area contributed by atoms with Gasteiger partial charge in [-0.3, -0.25) is 4.68 Å². The molecule has 0 bridgehead atoms. The quantitative estimate of drug-likeness (QED) is 0.665. The molecule has 18 heavy (non-hydrogen) atoms. The van der Waals surface area contributed by atoms with Crippen LogP contribution < -0.4 is 5.73 Å². The van der Waals surface area contributed by atoms with Gasteiger partial charge in [0.25, 0.3) is 0 Å². The fourth-order valence-corrected chi connectivity index (χ4v) is 1.73. The molecule has 0 radical (unpaired) electrons. The Hall–Kier alpha value is -2.70. The number of anilines is 1. The van der Waals surface area contributed by atoms with Crippen LogP contribution in [0, 0.1) is 0 Å². The van der Waals surface area contributed by atoms with Gasteiger partial charge in [0.1, 0.15) is 0 Å². The molecule has 0 aliphatic heterocycles. The molecule has 90 valence electrons. The van der Waals surface area contributed by atoms with E-state index >= 15 is 0 Å². The zero-order valence-electron chi connectivity index (χ0n) is 9.72. The molecule has 0 saturated heterocycles. The fraction of sp³-hybridized carbons (Fsp3) is 0.0909. The Morgan fingerprint density at radius 2 is 2.00 bits per heavy atom. The van der Waals surface area contributed by atoms with Crippen molar-refractivity contribution in [3.63, 3.8) is 0 Å². The molecule has 3 aromatic rings. The number of aromatic nitrogens is 6. The first-order chi connectivity index (χ1) is 8.75. The number of rotatable bonds is 2. The third kappa shape index (κ3) is 1.61. The maximum Gasteiger partial charge on any atom is 0.191 e. The van der Waals surface area contributed by atoms with Crippen LogP contribution in [0.1, 0.15) is 0 Å². The summed E-state index contributed by atoms with van der Waals surface area (Å²) in [6.07, 6.45) is 1.83. The number of nitrogen functional groups attached to an aromatic ring is 1. The molecule has 7 nitrogen and oxygen atoms in total. The van der Waals surface area contributed by atoms with Gasteiger partial charge >= 0.3 is 0 Å². The summed E-state index contributed by atoms with van der Waals surface area (Å²) < 4.78 is 3.25. The summed E-state index contributed by atoms with van der Waals surface area (Å²) in [5, 5.41) is 15.9. The molecule has 0 saturated carbocycles. The third-order valence-corrected chi connectivity index (χ3v) is 2.59. The average Bonchev–Trinajstić information content (AvgIpc) is 2.98. The standard InChI is InChI=1S/C11H11N7/c1-17-7-6-10(14-17)18-11(13-15-16-18)8-4-2-3-5-9(8)12/h2-7H,12H2,1H3. The summed E-state index contributed by atoms with van der Waals surface area (Å²) >= 11 is 0. The summed E-state index contributed by atoms with van der Waals surface area (Å²) in [5.74, 6) is 1.23. The van der Waals surface area contributed by atoms with Gasteiger partial charge in [0.15, 0.2) is 11.6 Å². The topological polar surface area (TPSA) is 87.4 Å². The lowest BCUT2D eigenvalue weighted by atomic mass is 10.2. The van der Waals surface area contributed by atoms with E-state index in [0.29, 0.717) is 17.3 Å². The van der Waals surface area contributed by atoms with Crippen molar-refractivity contribution >= 4 is 5.69 Å². The second kappa shape index (κ2) is 3.95. The SMILES string of the molecule is Cn1ccc(-n2nnnc2-c2ccccc2N)n1. The van der Waals surface area contributed by atoms with Crippen LogP contribution in [0.25, 0.3) is 17.2 Å². The molecule has 0 amide bonds. The average molecular weight is 241 g/mol. The number of tetrazole rings is 1. The minimum atomic E-state index is 0.576. The molecule has 7 heteroatoms. The fourth-order valence-electron chi connectivity index (χ4n) is 1.73. The molecule has 0 fully saturated rings. The zero-order valence-corrected chi connectivity index (χ0v) is 9.72. The predicted octanol–water partition coefficient (Wildman–Crippen LogP) is 0.645. The summed E-state index contributed by atoms with van der Waals surface area (Å²) in [4.78, 5) is 0. The number of benzene rings is 1. The molecule has 3 rings (SSSR count). The third-order valence-electron chi connectivity index (χ3n) is 2.59. The van der Waals surface area contributed by atoms with E-state index in [1.165, 1.54) is 0 Å². The first kappa shape index (κ1) is 10.5. The lowest BCUT2D eigenvalue weighted by Gasteiger charge is -2.03. The zero-order chi connectivity index (χ0) is 12.5. The molecule has 2 aromatic heterocycles. The Labute approximate surface area is 103 Å². The van der Waals surface area contributed by atoms with E-state index in [1.54, 1.807) is 9.36 Å². The largest absolute Gasteiger partial charge is 0.398 e. The van der Waals surface area contributed by atoms with Crippen molar-refractivity contribution in [2.24, 2.45) is 7.05 Å². The molecule has 0 atom stereocenters. The molecule has 2 N–H and O–H groups in total. The van der Waals surface area contributed by atoms with Crippen molar-refractivity contribution in [2.45, 2.75) is 0 Å². The lowest BCUT2D eigenvalue weighted by molar-refractivity contribution is 0.715. The predicted molar refractivity (Wildman–Crippen MR) is 65.8 cm³/mol. The Bertz CT molecular complexity index is 682. The highest BCUT2D eigenvalue weighted by Gasteiger charge is 2.14. The van der Waals surface area contributed by atoms with Gasteiger partial charge in [-0.2, -0.15) is 9.78 Å². The maximum absolute atomic E-state index is 5.93. The van der Waals surface area contributed by atoms with Crippen LogP contribution in [0.4, 0.5) is 5.69 Å². The highest BCUT2D eigenvalue weighted by molar-refractivity contribution is 5.71. The minimum Gasteiger partial charge on any atom is -0.398 e. The number of aryl methyl sites for hydroxylation is 1. The molecule has 0 spiro atoms. The molecule has 2 heterocycles. The first-order valence-electron chi connectivity index (χ1n) is 5.39. The smallest absolute Gasteiger partial charge is 0.191 e. The van der Waals surface area contributed by atoms with Gasteiger partial charge in [-0.05, 0) is 22.6 Å². The van der Waals surface area contributed by atoms with Gasteiger partial charge in [-0.15, -0.1) is 5.10 Å². The van der Waals surface area contributed by atoms with Gasteiger partial charge in [0.05, 0.1) is 0 Å². The normalized spacial score (nSPS) is 10.7. The molecular weight excluding hydrogens is 230 g/mol. The highest BCUT2D eigenvalue weighted by Crippen LogP contribution is 2.23. The van der Waals surface area contributed by atoms with Crippen LogP contribution in [-0.4, -0.2) is 30.0 Å². The second-order valence-corrected chi connectivity index (χ2v) is 3.85. The van der Waals surface area contributed by atoms with Crippen molar-refractivity contribution in [1.29, 1.82) is 0 Å². The first-order valence-corrected chi connectivity index (χ1v) is 5.39. The van der Waals surface area contributed by atoms with Gasteiger partial charge < -0.3 is 5.73 Å². The molecular formula is C11H11N7. The van der Waals surface area contributed by atoms with E-state index in [1.807, 2.05) is 43.6 Å². The van der Waals surface area contributed by atoms with Gasteiger partial charge in [0.2, 0.25) is 0 Å². The van der Waals surface area contributed by atoms with E-state index < -0.39 is 0 Å². The number of nitrogens with zero attached hydrogens (tertiary/aromatic N) is 6. The van der Waals surface area contributed by atoms with Gasteiger partial charge in [-0.25, -0.2) is 0 Å². The maximum atomic E-state index is 5.93. The van der Waals surface area contributed by atoms with Crippen LogP contribution in [-0.2, 0) is 7.05 Å². The van der Waals surface area contributed by atoms with Gasteiger partial charge in [-0.1, -0.05) is 12.1 Å². The summed E-state index contributed by atoms with van der Waals surface area (Å²) in [6, 6.07) is 9.28. The minimum absolute atomic E-state index is 0.576. The number of hydrogen-bond acceptors (Lipinski definition) is 5. The Morgan fingerprint density at radius 1 is 1.17 bits per heavy atom. The monoisotopic (exact) mass is 241 g/mol. The molecule has 0 unspecified atom stereocenters. The summed E-state index contributed by atoms with van der Waals surface area (Å²) in [7, 11) is 1.84. The Balaban J connectivity index is 2.15. The van der Waals surface area contributed by atoms with Crippen LogP contribution in [0.3, 0.4) is 0 Å². The van der Waals surface area contributed by atoms with E-state index in [0.717, 1.165) is 5.56 Å². The lowest BCUT2D eigenvalue weighted by Crippen LogP contribution is -2.03. The van der Waals surface area contributed by atoms with E-state index in [4.69, 9.17) is 5.73 Å². The van der Waals surface area contributed by atoms with Gasteiger partial charge in [0, 0.05) is 30.6 Å². The van der Waals surface area contributed by atoms with Crippen LogP contribution in [0.5, 0.6) is 0 Å². The molecule has 1 aromatic carbocycles. The Kier molecular flexibility index (Phi) is 2.30. The number of nitrogens with two attached hydrogens (primary N) is 1. The van der Waals surface area contributed by atoms with Crippen molar-refractivity contribution < 1.29 is 0 Å². The number of para-hydroxylation sites is 1.